The Morgan fingerprint density at radius 3 is 2.56 bits per heavy atom. The summed E-state index contributed by atoms with van der Waals surface area (Å²) in [7, 11) is 2.07. The van der Waals surface area contributed by atoms with E-state index in [2.05, 4.69) is 50.1 Å². The third-order valence-corrected chi connectivity index (χ3v) is 3.53. The number of benzene rings is 1. The molecule has 0 aliphatic carbocycles. The number of rotatable bonds is 2. The molecular formula is C16H19NO. The van der Waals surface area contributed by atoms with Crippen LogP contribution in [0.1, 0.15) is 26.3 Å². The van der Waals surface area contributed by atoms with Gasteiger partial charge < -0.3 is 4.90 Å². The largest absolute Gasteiger partial charge is 0.347 e. The Balaban J connectivity index is 2.44. The van der Waals surface area contributed by atoms with Crippen LogP contribution in [0.5, 0.6) is 0 Å². The number of carbonyl (C=O) groups is 1. The first-order valence-electron chi connectivity index (χ1n) is 6.17. The van der Waals surface area contributed by atoms with E-state index in [1.165, 1.54) is 16.9 Å². The molecule has 2 heteroatoms. The first-order valence-corrected chi connectivity index (χ1v) is 6.17. The van der Waals surface area contributed by atoms with Crippen molar-refractivity contribution in [3.8, 4) is 0 Å². The summed E-state index contributed by atoms with van der Waals surface area (Å²) >= 11 is 0. The van der Waals surface area contributed by atoms with Crippen LogP contribution in [0.15, 0.2) is 48.2 Å². The van der Waals surface area contributed by atoms with Crippen LogP contribution in [0.2, 0.25) is 0 Å². The molecule has 0 amide bonds. The van der Waals surface area contributed by atoms with Crippen LogP contribution in [0.4, 0.5) is 5.69 Å². The molecule has 0 fully saturated rings. The van der Waals surface area contributed by atoms with Crippen molar-refractivity contribution in [2.75, 3.05) is 11.9 Å². The lowest BCUT2D eigenvalue weighted by atomic mass is 9.84. The number of nitrogens with zero attached hydrogens (tertiary/aromatic N) is 1. The van der Waals surface area contributed by atoms with Crippen molar-refractivity contribution < 1.29 is 4.79 Å². The molecule has 2 nitrogen and oxygen atoms in total. The second-order valence-corrected chi connectivity index (χ2v) is 5.22. The SMILES string of the molecule is CC(=O)C=CC=C1N(C)c2ccccc2C1(C)C. The van der Waals surface area contributed by atoms with Gasteiger partial charge in [0.2, 0.25) is 0 Å². The molecule has 0 saturated carbocycles. The summed E-state index contributed by atoms with van der Waals surface area (Å²) in [6.45, 7) is 5.98. The molecule has 0 saturated heterocycles. The normalized spacial score (nSPS) is 19.6. The van der Waals surface area contributed by atoms with Gasteiger partial charge in [0.05, 0.1) is 0 Å². The number of allylic oxidation sites excluding steroid dienone is 4. The van der Waals surface area contributed by atoms with Gasteiger partial charge in [-0.1, -0.05) is 38.1 Å². The second-order valence-electron chi connectivity index (χ2n) is 5.22. The summed E-state index contributed by atoms with van der Waals surface area (Å²) in [6.07, 6.45) is 5.46. The molecule has 1 heterocycles. The minimum Gasteiger partial charge on any atom is -0.347 e. The van der Waals surface area contributed by atoms with Crippen molar-refractivity contribution in [1.82, 2.24) is 0 Å². The maximum atomic E-state index is 10.9. The summed E-state index contributed by atoms with van der Waals surface area (Å²) in [5.74, 6) is 0.0721. The fraction of sp³-hybridized carbons (Fsp3) is 0.312. The smallest absolute Gasteiger partial charge is 0.152 e. The van der Waals surface area contributed by atoms with Crippen LogP contribution >= 0.6 is 0 Å². The number of carbonyl (C=O) groups excluding carboxylic acids is 1. The first kappa shape index (κ1) is 12.6. The van der Waals surface area contributed by atoms with Crippen LogP contribution in [0.25, 0.3) is 0 Å². The minimum atomic E-state index is -0.0214. The number of fused-ring (bicyclic) bond motifs is 1. The number of para-hydroxylation sites is 1. The molecule has 1 aliphatic rings. The zero-order valence-corrected chi connectivity index (χ0v) is 11.4. The van der Waals surface area contributed by atoms with Crippen molar-refractivity contribution in [2.45, 2.75) is 26.2 Å². The topological polar surface area (TPSA) is 20.3 Å². The zero-order chi connectivity index (χ0) is 13.3. The molecule has 1 aromatic rings. The number of likely N-dealkylation sites (N-methyl/N-ethyl adjacent to an activating group) is 1. The summed E-state index contributed by atoms with van der Waals surface area (Å²) in [6, 6.07) is 8.43. The maximum absolute atomic E-state index is 10.9. The summed E-state index contributed by atoms with van der Waals surface area (Å²) in [5.41, 5.74) is 3.76. The van der Waals surface area contributed by atoms with Gasteiger partial charge >= 0.3 is 0 Å². The number of hydrogen-bond acceptors (Lipinski definition) is 2. The third-order valence-electron chi connectivity index (χ3n) is 3.53. The molecule has 18 heavy (non-hydrogen) atoms. The summed E-state index contributed by atoms with van der Waals surface area (Å²) < 4.78 is 0. The Labute approximate surface area is 109 Å². The molecule has 94 valence electrons. The molecule has 0 bridgehead atoms. The van der Waals surface area contributed by atoms with Crippen LogP contribution in [-0.2, 0) is 10.2 Å². The van der Waals surface area contributed by atoms with Gasteiger partial charge in [-0.3, -0.25) is 4.79 Å². The molecule has 0 atom stereocenters. The highest BCUT2D eigenvalue weighted by Crippen LogP contribution is 2.46. The van der Waals surface area contributed by atoms with Crippen LogP contribution in [0.3, 0.4) is 0 Å². The van der Waals surface area contributed by atoms with Crippen LogP contribution < -0.4 is 4.90 Å². The first-order chi connectivity index (χ1) is 8.44. The number of ketones is 1. The number of hydrogen-bond donors (Lipinski definition) is 0. The summed E-state index contributed by atoms with van der Waals surface area (Å²) in [5, 5.41) is 0. The van der Waals surface area contributed by atoms with Crippen molar-refractivity contribution in [3.05, 3.63) is 53.8 Å². The average Bonchev–Trinajstić information content (AvgIpc) is 2.50. The van der Waals surface area contributed by atoms with Gasteiger partial charge in [0, 0.05) is 23.8 Å². The standard InChI is InChI=1S/C16H19NO/c1-12(18)8-7-11-15-16(2,3)13-9-5-6-10-14(13)17(15)4/h5-11H,1-4H3. The van der Waals surface area contributed by atoms with E-state index in [4.69, 9.17) is 0 Å². The fourth-order valence-electron chi connectivity index (χ4n) is 2.58. The molecule has 1 aromatic carbocycles. The van der Waals surface area contributed by atoms with Crippen LogP contribution in [0, 0.1) is 0 Å². The monoisotopic (exact) mass is 241 g/mol. The molecular weight excluding hydrogens is 222 g/mol. The number of anilines is 1. The average molecular weight is 241 g/mol. The Bertz CT molecular complexity index is 538. The zero-order valence-electron chi connectivity index (χ0n) is 11.4. The minimum absolute atomic E-state index is 0.0214. The van der Waals surface area contributed by atoms with Gasteiger partial charge in [-0.25, -0.2) is 0 Å². The van der Waals surface area contributed by atoms with Gasteiger partial charge in [-0.05, 0) is 30.7 Å². The molecule has 2 rings (SSSR count). The van der Waals surface area contributed by atoms with Gasteiger partial charge in [-0.15, -0.1) is 0 Å². The molecule has 1 aliphatic heterocycles. The van der Waals surface area contributed by atoms with Crippen molar-refractivity contribution in [2.24, 2.45) is 0 Å². The molecule has 0 radical (unpaired) electrons. The fourth-order valence-corrected chi connectivity index (χ4v) is 2.58. The van der Waals surface area contributed by atoms with Gasteiger partial charge in [0.25, 0.3) is 0 Å². The van der Waals surface area contributed by atoms with E-state index in [0.29, 0.717) is 0 Å². The molecule has 0 aromatic heterocycles. The van der Waals surface area contributed by atoms with Gasteiger partial charge in [0.1, 0.15) is 0 Å². The quantitative estimate of drug-likeness (QED) is 0.739. The van der Waals surface area contributed by atoms with E-state index < -0.39 is 0 Å². The van der Waals surface area contributed by atoms with Crippen molar-refractivity contribution in [1.29, 1.82) is 0 Å². The molecule has 0 spiro atoms. The predicted octanol–water partition coefficient (Wildman–Crippen LogP) is 3.44. The van der Waals surface area contributed by atoms with Crippen molar-refractivity contribution in [3.63, 3.8) is 0 Å². The summed E-state index contributed by atoms with van der Waals surface area (Å²) in [4.78, 5) is 13.1. The third kappa shape index (κ3) is 1.99. The lowest BCUT2D eigenvalue weighted by Crippen LogP contribution is -2.22. The van der Waals surface area contributed by atoms with E-state index in [1.807, 2.05) is 12.2 Å². The lowest BCUT2D eigenvalue weighted by molar-refractivity contribution is -0.112. The highest BCUT2D eigenvalue weighted by Gasteiger charge is 2.37. The second kappa shape index (κ2) is 4.45. The van der Waals surface area contributed by atoms with Crippen molar-refractivity contribution >= 4 is 11.5 Å². The molecule has 0 N–H and O–H groups in total. The predicted molar refractivity (Wildman–Crippen MR) is 75.8 cm³/mol. The van der Waals surface area contributed by atoms with E-state index in [9.17, 15) is 4.79 Å². The Hall–Kier alpha value is -1.83. The van der Waals surface area contributed by atoms with E-state index in [-0.39, 0.29) is 11.2 Å². The van der Waals surface area contributed by atoms with Crippen LogP contribution in [-0.4, -0.2) is 12.8 Å². The maximum Gasteiger partial charge on any atom is 0.152 e. The van der Waals surface area contributed by atoms with E-state index in [1.54, 1.807) is 13.0 Å². The van der Waals surface area contributed by atoms with Gasteiger partial charge in [0.15, 0.2) is 5.78 Å². The van der Waals surface area contributed by atoms with Gasteiger partial charge in [-0.2, -0.15) is 0 Å². The molecule has 0 unspecified atom stereocenters. The Morgan fingerprint density at radius 1 is 1.28 bits per heavy atom. The Morgan fingerprint density at radius 2 is 1.94 bits per heavy atom. The lowest BCUT2D eigenvalue weighted by Gasteiger charge is -2.23. The van der Waals surface area contributed by atoms with E-state index in [0.717, 1.165) is 0 Å². The highest BCUT2D eigenvalue weighted by atomic mass is 16.1. The highest BCUT2D eigenvalue weighted by molar-refractivity contribution is 5.87. The Kier molecular flexibility index (Phi) is 3.12. The van der Waals surface area contributed by atoms with E-state index >= 15 is 0 Å².